The van der Waals surface area contributed by atoms with E-state index in [1.807, 2.05) is 42.5 Å². The quantitative estimate of drug-likeness (QED) is 0.621. The highest BCUT2D eigenvalue weighted by molar-refractivity contribution is 7.80. The summed E-state index contributed by atoms with van der Waals surface area (Å²) in [6.45, 7) is 0. The predicted octanol–water partition coefficient (Wildman–Crippen LogP) is 4.19. The van der Waals surface area contributed by atoms with E-state index >= 15 is 0 Å². The highest BCUT2D eigenvalue weighted by Gasteiger charge is 2.08. The van der Waals surface area contributed by atoms with Crippen LogP contribution in [0.4, 0.5) is 5.69 Å². The maximum absolute atomic E-state index is 12.3. The van der Waals surface area contributed by atoms with Crippen LogP contribution in [0.1, 0.15) is 10.4 Å². The first-order valence-electron chi connectivity index (χ1n) is 7.69. The number of benzene rings is 3. The second-order valence-electron chi connectivity index (χ2n) is 5.40. The molecule has 0 atom stereocenters. The number of carbonyl (C=O) groups excluding carboxylic acids is 1. The van der Waals surface area contributed by atoms with Gasteiger partial charge in [-0.3, -0.25) is 10.1 Å². The molecule has 25 heavy (non-hydrogen) atoms. The van der Waals surface area contributed by atoms with Crippen molar-refractivity contribution in [2.45, 2.75) is 0 Å². The lowest BCUT2D eigenvalue weighted by atomic mass is 10.0. The minimum Gasteiger partial charge on any atom is -0.508 e. The fourth-order valence-corrected chi connectivity index (χ4v) is 2.58. The van der Waals surface area contributed by atoms with Gasteiger partial charge in [0.2, 0.25) is 0 Å². The van der Waals surface area contributed by atoms with Gasteiger partial charge in [-0.15, -0.1) is 0 Å². The van der Waals surface area contributed by atoms with Crippen LogP contribution in [0, 0.1) is 0 Å². The van der Waals surface area contributed by atoms with Crippen LogP contribution in [-0.4, -0.2) is 16.1 Å². The van der Waals surface area contributed by atoms with Gasteiger partial charge in [0.1, 0.15) is 5.75 Å². The van der Waals surface area contributed by atoms with Crippen LogP contribution < -0.4 is 10.6 Å². The summed E-state index contributed by atoms with van der Waals surface area (Å²) >= 11 is 5.13. The molecule has 0 saturated heterocycles. The molecule has 0 radical (unpaired) electrons. The van der Waals surface area contributed by atoms with Gasteiger partial charge in [0.25, 0.3) is 5.91 Å². The zero-order chi connectivity index (χ0) is 17.6. The van der Waals surface area contributed by atoms with E-state index < -0.39 is 0 Å². The minimum absolute atomic E-state index is 0.121. The Morgan fingerprint density at radius 3 is 2.20 bits per heavy atom. The standard InChI is InChI=1S/C20H16N2O2S/c23-18-8-4-7-17(13-18)21-20(25)22-19(24)16-11-9-15(10-12-16)14-5-2-1-3-6-14/h1-13,23H,(H2,21,22,24,25). The van der Waals surface area contributed by atoms with Crippen LogP contribution >= 0.6 is 12.2 Å². The van der Waals surface area contributed by atoms with Gasteiger partial charge in [0.05, 0.1) is 0 Å². The van der Waals surface area contributed by atoms with Gasteiger partial charge >= 0.3 is 0 Å². The van der Waals surface area contributed by atoms with Crippen molar-refractivity contribution in [2.75, 3.05) is 5.32 Å². The summed E-state index contributed by atoms with van der Waals surface area (Å²) in [7, 11) is 0. The minimum atomic E-state index is -0.294. The first-order valence-corrected chi connectivity index (χ1v) is 8.09. The van der Waals surface area contributed by atoms with E-state index in [1.165, 1.54) is 6.07 Å². The second-order valence-corrected chi connectivity index (χ2v) is 5.81. The molecule has 0 heterocycles. The summed E-state index contributed by atoms with van der Waals surface area (Å²) in [6.07, 6.45) is 0. The fraction of sp³-hybridized carbons (Fsp3) is 0. The predicted molar refractivity (Wildman–Crippen MR) is 104 cm³/mol. The number of anilines is 1. The zero-order valence-corrected chi connectivity index (χ0v) is 14.1. The molecular weight excluding hydrogens is 332 g/mol. The molecule has 0 aliphatic heterocycles. The smallest absolute Gasteiger partial charge is 0.257 e. The topological polar surface area (TPSA) is 61.4 Å². The Kier molecular flexibility index (Phi) is 5.06. The molecule has 0 aliphatic rings. The van der Waals surface area contributed by atoms with Gasteiger partial charge < -0.3 is 10.4 Å². The van der Waals surface area contributed by atoms with E-state index in [1.54, 1.807) is 30.3 Å². The lowest BCUT2D eigenvalue weighted by molar-refractivity contribution is 0.0978. The lowest BCUT2D eigenvalue weighted by Crippen LogP contribution is -2.34. The Bertz CT molecular complexity index is 893. The number of hydrogen-bond acceptors (Lipinski definition) is 3. The van der Waals surface area contributed by atoms with Crippen molar-refractivity contribution in [3.63, 3.8) is 0 Å². The Labute approximate surface area is 151 Å². The number of aromatic hydroxyl groups is 1. The Morgan fingerprint density at radius 2 is 1.52 bits per heavy atom. The van der Waals surface area contributed by atoms with E-state index in [4.69, 9.17) is 12.2 Å². The van der Waals surface area contributed by atoms with Crippen LogP contribution in [0.25, 0.3) is 11.1 Å². The average Bonchev–Trinajstić information content (AvgIpc) is 2.62. The molecule has 0 saturated carbocycles. The highest BCUT2D eigenvalue weighted by Crippen LogP contribution is 2.19. The molecule has 4 nitrogen and oxygen atoms in total. The molecular formula is C20H16N2O2S. The number of nitrogens with one attached hydrogen (secondary N) is 2. The second kappa shape index (κ2) is 7.59. The summed E-state index contributed by atoms with van der Waals surface area (Å²) in [5.41, 5.74) is 3.25. The molecule has 0 aromatic heterocycles. The van der Waals surface area contributed by atoms with E-state index in [0.717, 1.165) is 11.1 Å². The summed E-state index contributed by atoms with van der Waals surface area (Å²) < 4.78 is 0. The number of thiocarbonyl (C=S) groups is 1. The van der Waals surface area contributed by atoms with Gasteiger partial charge in [-0.05, 0) is 47.6 Å². The largest absolute Gasteiger partial charge is 0.508 e. The number of rotatable bonds is 3. The molecule has 0 unspecified atom stereocenters. The summed E-state index contributed by atoms with van der Waals surface area (Å²) in [4.78, 5) is 12.3. The number of carbonyl (C=O) groups is 1. The van der Waals surface area contributed by atoms with Crippen molar-refractivity contribution in [1.29, 1.82) is 0 Å². The third-order valence-electron chi connectivity index (χ3n) is 3.59. The summed E-state index contributed by atoms with van der Waals surface area (Å²) in [5.74, 6) is -0.173. The third-order valence-corrected chi connectivity index (χ3v) is 3.79. The number of amides is 1. The normalized spacial score (nSPS) is 10.1. The molecule has 0 bridgehead atoms. The van der Waals surface area contributed by atoms with Crippen LogP contribution in [0.2, 0.25) is 0 Å². The Balaban J connectivity index is 1.64. The monoisotopic (exact) mass is 348 g/mol. The van der Waals surface area contributed by atoms with Crippen molar-refractivity contribution < 1.29 is 9.90 Å². The van der Waals surface area contributed by atoms with Crippen LogP contribution in [-0.2, 0) is 0 Å². The molecule has 3 rings (SSSR count). The Morgan fingerprint density at radius 1 is 0.840 bits per heavy atom. The van der Waals surface area contributed by atoms with Crippen molar-refractivity contribution in [3.8, 4) is 16.9 Å². The molecule has 124 valence electrons. The van der Waals surface area contributed by atoms with Crippen molar-refractivity contribution in [3.05, 3.63) is 84.4 Å². The van der Waals surface area contributed by atoms with Gasteiger partial charge in [0.15, 0.2) is 5.11 Å². The van der Waals surface area contributed by atoms with Crippen molar-refractivity contribution in [2.24, 2.45) is 0 Å². The summed E-state index contributed by atoms with van der Waals surface area (Å²) in [6, 6.07) is 23.8. The summed E-state index contributed by atoms with van der Waals surface area (Å²) in [5, 5.41) is 15.1. The van der Waals surface area contributed by atoms with E-state index in [2.05, 4.69) is 10.6 Å². The molecule has 0 spiro atoms. The molecule has 3 aromatic carbocycles. The fourth-order valence-electron chi connectivity index (χ4n) is 2.37. The van der Waals surface area contributed by atoms with Gasteiger partial charge in [-0.2, -0.15) is 0 Å². The van der Waals surface area contributed by atoms with E-state index in [-0.39, 0.29) is 16.8 Å². The van der Waals surface area contributed by atoms with Gasteiger partial charge in [-0.25, -0.2) is 0 Å². The van der Waals surface area contributed by atoms with Gasteiger partial charge in [0, 0.05) is 17.3 Å². The zero-order valence-electron chi connectivity index (χ0n) is 13.3. The molecule has 5 heteroatoms. The molecule has 1 amide bonds. The van der Waals surface area contributed by atoms with E-state index in [9.17, 15) is 9.90 Å². The Hall–Kier alpha value is -3.18. The van der Waals surface area contributed by atoms with Crippen LogP contribution in [0.3, 0.4) is 0 Å². The van der Waals surface area contributed by atoms with E-state index in [0.29, 0.717) is 11.3 Å². The third kappa shape index (κ3) is 4.43. The number of phenols is 1. The van der Waals surface area contributed by atoms with Crippen LogP contribution in [0.15, 0.2) is 78.9 Å². The lowest BCUT2D eigenvalue weighted by Gasteiger charge is -2.10. The van der Waals surface area contributed by atoms with Gasteiger partial charge in [-0.1, -0.05) is 48.5 Å². The molecule has 3 N–H and O–H groups in total. The first kappa shape index (κ1) is 16.7. The average molecular weight is 348 g/mol. The highest BCUT2D eigenvalue weighted by atomic mass is 32.1. The molecule has 0 aliphatic carbocycles. The number of hydrogen-bond donors (Lipinski definition) is 3. The maximum atomic E-state index is 12.3. The molecule has 0 fully saturated rings. The first-order chi connectivity index (χ1) is 12.1. The SMILES string of the molecule is O=C(NC(=S)Nc1cccc(O)c1)c1ccc(-c2ccccc2)cc1. The van der Waals surface area contributed by atoms with Crippen LogP contribution in [0.5, 0.6) is 5.75 Å². The van der Waals surface area contributed by atoms with Crippen molar-refractivity contribution in [1.82, 2.24) is 5.32 Å². The van der Waals surface area contributed by atoms with Crippen molar-refractivity contribution >= 4 is 28.9 Å². The number of phenolic OH excluding ortho intramolecular Hbond substituents is 1. The molecule has 3 aromatic rings. The maximum Gasteiger partial charge on any atom is 0.257 e.